The zero-order chi connectivity index (χ0) is 15.3. The van der Waals surface area contributed by atoms with Gasteiger partial charge in [-0.25, -0.2) is 13.2 Å². The van der Waals surface area contributed by atoms with Crippen molar-refractivity contribution in [3.8, 4) is 11.5 Å². The molecule has 0 radical (unpaired) electrons. The highest BCUT2D eigenvalue weighted by atomic mass is 35.7. The summed E-state index contributed by atoms with van der Waals surface area (Å²) in [6, 6.07) is 2.77. The summed E-state index contributed by atoms with van der Waals surface area (Å²) in [6.07, 6.45) is 2.52. The third-order valence-corrected chi connectivity index (χ3v) is 3.67. The molecule has 0 saturated heterocycles. The Bertz CT molecular complexity index is 636. The Morgan fingerprint density at radius 2 is 1.85 bits per heavy atom. The minimum absolute atomic E-state index is 0.00211. The third kappa shape index (κ3) is 3.88. The first-order chi connectivity index (χ1) is 9.33. The van der Waals surface area contributed by atoms with Crippen molar-refractivity contribution in [2.75, 3.05) is 21.3 Å². The summed E-state index contributed by atoms with van der Waals surface area (Å²) in [6.45, 7) is 0. The first-order valence-electron chi connectivity index (χ1n) is 5.30. The molecule has 0 amide bonds. The van der Waals surface area contributed by atoms with Gasteiger partial charge in [-0.3, -0.25) is 0 Å². The van der Waals surface area contributed by atoms with E-state index in [1.807, 2.05) is 0 Å². The van der Waals surface area contributed by atoms with Crippen LogP contribution in [0, 0.1) is 0 Å². The summed E-state index contributed by atoms with van der Waals surface area (Å²) in [5.74, 6) is -0.397. The van der Waals surface area contributed by atoms with E-state index in [9.17, 15) is 13.2 Å². The molecule has 8 heteroatoms. The zero-order valence-corrected chi connectivity index (χ0v) is 12.6. The van der Waals surface area contributed by atoms with Crippen LogP contribution in [0.4, 0.5) is 0 Å². The van der Waals surface area contributed by atoms with Crippen molar-refractivity contribution in [3.63, 3.8) is 0 Å². The van der Waals surface area contributed by atoms with Crippen LogP contribution >= 0.6 is 10.7 Å². The number of esters is 1. The van der Waals surface area contributed by atoms with E-state index >= 15 is 0 Å². The van der Waals surface area contributed by atoms with Crippen LogP contribution in [0.1, 0.15) is 5.56 Å². The quantitative estimate of drug-likeness (QED) is 0.468. The van der Waals surface area contributed by atoms with Gasteiger partial charge in [0.05, 0.1) is 21.3 Å². The van der Waals surface area contributed by atoms with E-state index in [0.717, 1.165) is 6.08 Å². The highest BCUT2D eigenvalue weighted by Crippen LogP contribution is 2.37. The fraction of sp³-hybridized carbons (Fsp3) is 0.250. The van der Waals surface area contributed by atoms with E-state index in [2.05, 4.69) is 4.74 Å². The molecule has 0 aliphatic heterocycles. The molecule has 0 N–H and O–H groups in total. The predicted octanol–water partition coefficient (Wildman–Crippen LogP) is 1.82. The number of hydrogen-bond acceptors (Lipinski definition) is 6. The Morgan fingerprint density at radius 1 is 1.20 bits per heavy atom. The predicted molar refractivity (Wildman–Crippen MR) is 73.6 cm³/mol. The van der Waals surface area contributed by atoms with Crippen molar-refractivity contribution >= 4 is 31.8 Å². The summed E-state index contributed by atoms with van der Waals surface area (Å²) in [7, 11) is 5.22. The lowest BCUT2D eigenvalue weighted by atomic mass is 10.2. The standard InChI is InChI=1S/C12H13ClO6S/c1-17-9-6-8(4-5-11(14)18-2)7-10(12(9)19-3)20(13,15)16/h4-7H,1-3H3. The normalized spacial score (nSPS) is 11.4. The molecule has 6 nitrogen and oxygen atoms in total. The second-order valence-electron chi connectivity index (χ2n) is 3.55. The third-order valence-electron chi connectivity index (χ3n) is 2.34. The van der Waals surface area contributed by atoms with Crippen LogP contribution in [0.15, 0.2) is 23.1 Å². The number of benzene rings is 1. The Morgan fingerprint density at radius 3 is 2.30 bits per heavy atom. The average molecular weight is 321 g/mol. The Labute approximate surface area is 121 Å². The Balaban J connectivity index is 3.44. The lowest BCUT2D eigenvalue weighted by Gasteiger charge is -2.12. The van der Waals surface area contributed by atoms with E-state index in [0.29, 0.717) is 5.56 Å². The van der Waals surface area contributed by atoms with Crippen molar-refractivity contribution < 1.29 is 27.4 Å². The van der Waals surface area contributed by atoms with Gasteiger partial charge in [0.1, 0.15) is 4.90 Å². The van der Waals surface area contributed by atoms with Gasteiger partial charge in [-0.2, -0.15) is 0 Å². The molecule has 110 valence electrons. The van der Waals surface area contributed by atoms with Crippen LogP contribution in [0.2, 0.25) is 0 Å². The summed E-state index contributed by atoms with van der Waals surface area (Å²) in [5.41, 5.74) is 0.396. The van der Waals surface area contributed by atoms with Crippen LogP contribution < -0.4 is 9.47 Å². The van der Waals surface area contributed by atoms with Crippen LogP contribution in [-0.4, -0.2) is 35.7 Å². The molecule has 0 heterocycles. The molecule has 0 atom stereocenters. The number of carbonyl (C=O) groups excluding carboxylic acids is 1. The van der Waals surface area contributed by atoms with Gasteiger partial charge in [0.2, 0.25) is 0 Å². The fourth-order valence-electron chi connectivity index (χ4n) is 1.46. The highest BCUT2D eigenvalue weighted by Gasteiger charge is 2.21. The monoisotopic (exact) mass is 320 g/mol. The van der Waals surface area contributed by atoms with Crippen LogP contribution in [0.25, 0.3) is 6.08 Å². The lowest BCUT2D eigenvalue weighted by molar-refractivity contribution is -0.134. The molecule has 0 spiro atoms. The molecule has 1 aromatic carbocycles. The maximum atomic E-state index is 11.5. The van der Waals surface area contributed by atoms with Gasteiger partial charge in [-0.05, 0) is 23.8 Å². The summed E-state index contributed by atoms with van der Waals surface area (Å²) < 4.78 is 37.6. The first-order valence-corrected chi connectivity index (χ1v) is 7.61. The molecule has 0 fully saturated rings. The number of rotatable bonds is 5. The molecule has 1 aromatic rings. The summed E-state index contributed by atoms with van der Waals surface area (Å²) in [4.78, 5) is 10.8. The van der Waals surface area contributed by atoms with E-state index in [4.69, 9.17) is 20.2 Å². The van der Waals surface area contributed by atoms with E-state index in [1.54, 1.807) is 0 Å². The molecule has 0 aromatic heterocycles. The molecule has 0 bridgehead atoms. The molecule has 1 rings (SSSR count). The number of hydrogen-bond donors (Lipinski definition) is 0. The van der Waals surface area contributed by atoms with Crippen molar-refractivity contribution in [1.29, 1.82) is 0 Å². The molecule has 0 unspecified atom stereocenters. The smallest absolute Gasteiger partial charge is 0.330 e. The van der Waals surface area contributed by atoms with E-state index in [-0.39, 0.29) is 16.4 Å². The van der Waals surface area contributed by atoms with Crippen molar-refractivity contribution in [2.45, 2.75) is 4.90 Å². The van der Waals surface area contributed by atoms with Gasteiger partial charge in [0, 0.05) is 16.8 Å². The topological polar surface area (TPSA) is 78.9 Å². The van der Waals surface area contributed by atoms with E-state index < -0.39 is 15.0 Å². The number of methoxy groups -OCH3 is 3. The molecular formula is C12H13ClO6S. The fourth-order valence-corrected chi connectivity index (χ4v) is 2.49. The molecule has 0 aliphatic rings. The number of carbonyl (C=O) groups is 1. The maximum absolute atomic E-state index is 11.5. The Hall–Kier alpha value is -1.73. The van der Waals surface area contributed by atoms with Gasteiger partial charge in [0.15, 0.2) is 11.5 Å². The van der Waals surface area contributed by atoms with Gasteiger partial charge < -0.3 is 14.2 Å². The van der Waals surface area contributed by atoms with Crippen molar-refractivity contribution in [1.82, 2.24) is 0 Å². The van der Waals surface area contributed by atoms with Gasteiger partial charge in [0.25, 0.3) is 9.05 Å². The summed E-state index contributed by atoms with van der Waals surface area (Å²) in [5, 5.41) is 0. The van der Waals surface area contributed by atoms with Crippen molar-refractivity contribution in [2.24, 2.45) is 0 Å². The summed E-state index contributed by atoms with van der Waals surface area (Å²) >= 11 is 0. The van der Waals surface area contributed by atoms with Gasteiger partial charge in [-0.1, -0.05) is 0 Å². The SMILES string of the molecule is COC(=O)C=Cc1cc(OC)c(OC)c(S(=O)(=O)Cl)c1. The molecule has 20 heavy (non-hydrogen) atoms. The lowest BCUT2D eigenvalue weighted by Crippen LogP contribution is -2.00. The minimum atomic E-state index is -4.03. The minimum Gasteiger partial charge on any atom is -0.493 e. The molecule has 0 aliphatic carbocycles. The van der Waals surface area contributed by atoms with Crippen LogP contribution in [0.3, 0.4) is 0 Å². The maximum Gasteiger partial charge on any atom is 0.330 e. The van der Waals surface area contributed by atoms with Crippen LogP contribution in [-0.2, 0) is 18.6 Å². The van der Waals surface area contributed by atoms with Crippen LogP contribution in [0.5, 0.6) is 11.5 Å². The molecular weight excluding hydrogens is 308 g/mol. The zero-order valence-electron chi connectivity index (χ0n) is 11.0. The second kappa shape index (κ2) is 6.62. The number of ether oxygens (including phenoxy) is 3. The first kappa shape index (κ1) is 16.3. The van der Waals surface area contributed by atoms with Gasteiger partial charge in [-0.15, -0.1) is 0 Å². The average Bonchev–Trinajstić information content (AvgIpc) is 2.42. The largest absolute Gasteiger partial charge is 0.493 e. The molecule has 0 saturated carbocycles. The van der Waals surface area contributed by atoms with Crippen molar-refractivity contribution in [3.05, 3.63) is 23.8 Å². The number of halogens is 1. The van der Waals surface area contributed by atoms with E-state index in [1.165, 1.54) is 39.5 Å². The Kier molecular flexibility index (Phi) is 5.41. The highest BCUT2D eigenvalue weighted by molar-refractivity contribution is 8.13. The van der Waals surface area contributed by atoms with Gasteiger partial charge >= 0.3 is 5.97 Å². The second-order valence-corrected chi connectivity index (χ2v) is 6.08.